The van der Waals surface area contributed by atoms with Gasteiger partial charge in [0.2, 0.25) is 0 Å². The van der Waals surface area contributed by atoms with Crippen LogP contribution in [0.2, 0.25) is 5.02 Å². The topological polar surface area (TPSA) is 95.3 Å². The van der Waals surface area contributed by atoms with Crippen molar-refractivity contribution >= 4 is 23.4 Å². The molecule has 0 spiro atoms. The molecule has 1 heterocycles. The fourth-order valence-electron chi connectivity index (χ4n) is 3.23. The number of carbonyl (C=O) groups is 1. The summed E-state index contributed by atoms with van der Waals surface area (Å²) in [5, 5.41) is 21.5. The van der Waals surface area contributed by atoms with Crippen LogP contribution < -0.4 is 5.32 Å². The molecule has 30 heavy (non-hydrogen) atoms. The summed E-state index contributed by atoms with van der Waals surface area (Å²) in [6.45, 7) is 0.0279. The van der Waals surface area contributed by atoms with Gasteiger partial charge in [-0.2, -0.15) is 0 Å². The third-order valence-electron chi connectivity index (χ3n) is 5.01. The van der Waals surface area contributed by atoms with E-state index in [1.54, 1.807) is 0 Å². The minimum absolute atomic E-state index is 0.0279. The van der Waals surface area contributed by atoms with E-state index in [-0.39, 0.29) is 34.4 Å². The summed E-state index contributed by atoms with van der Waals surface area (Å²) in [5.74, 6) is -2.62. The second kappa shape index (κ2) is 7.87. The van der Waals surface area contributed by atoms with E-state index >= 15 is 0 Å². The van der Waals surface area contributed by atoms with Crippen molar-refractivity contribution in [3.8, 4) is 16.9 Å². The molecule has 1 aliphatic rings. The molecule has 2 aromatic carbocycles. The first kappa shape index (κ1) is 20.0. The first-order valence-corrected chi connectivity index (χ1v) is 9.46. The number of aromatic hydroxyl groups is 1. The van der Waals surface area contributed by atoms with Gasteiger partial charge in [0.1, 0.15) is 23.2 Å². The number of rotatable bonds is 6. The average molecular weight is 432 g/mol. The second-order valence-electron chi connectivity index (χ2n) is 7.06. The van der Waals surface area contributed by atoms with Gasteiger partial charge < -0.3 is 15.5 Å². The molecular formula is C21H16ClF2N3O3. The van der Waals surface area contributed by atoms with Crippen LogP contribution in [0.5, 0.6) is 5.75 Å². The first-order chi connectivity index (χ1) is 14.3. The number of phenolic OH excluding ortho intramolecular Hbond substituents is 1. The Labute approximate surface area is 175 Å². The average Bonchev–Trinajstić information content (AvgIpc) is 3.51. The minimum Gasteiger partial charge on any atom is -0.506 e. The van der Waals surface area contributed by atoms with Gasteiger partial charge in [0.25, 0.3) is 0 Å². The van der Waals surface area contributed by atoms with E-state index < -0.39 is 23.5 Å². The Balaban J connectivity index is 1.49. The number of carboxylic acid groups (broad SMARTS) is 1. The zero-order chi connectivity index (χ0) is 21.4. The molecule has 0 radical (unpaired) electrons. The molecule has 154 valence electrons. The van der Waals surface area contributed by atoms with Crippen molar-refractivity contribution in [1.82, 2.24) is 9.97 Å². The number of hydrogen-bond donors (Lipinski definition) is 3. The van der Waals surface area contributed by atoms with E-state index in [0.717, 1.165) is 6.07 Å². The number of nitrogens with one attached hydrogen (secondary N) is 1. The van der Waals surface area contributed by atoms with E-state index in [0.29, 0.717) is 23.5 Å². The van der Waals surface area contributed by atoms with Crippen molar-refractivity contribution in [2.45, 2.75) is 18.9 Å². The predicted molar refractivity (Wildman–Crippen MR) is 106 cm³/mol. The standard InChI is InChI=1S/C21H16ClF2N3O3/c22-15-4-10(1-2-19(15)28)12-3-11(16(23)6-17(12)24)7-26-20-9-25-18(8-27-20)13-5-14(13)21(29)30/h1-4,6,8-9,13-14,28H,5,7H2,(H,26,27)(H,29,30)/t13-,14-/m1/s1. The van der Waals surface area contributed by atoms with Crippen LogP contribution in [0.4, 0.5) is 14.6 Å². The van der Waals surface area contributed by atoms with Gasteiger partial charge in [-0.15, -0.1) is 0 Å². The number of benzene rings is 2. The summed E-state index contributed by atoms with van der Waals surface area (Å²) in [6.07, 6.45) is 3.50. The Kier molecular flexibility index (Phi) is 5.26. The maximum atomic E-state index is 14.3. The third kappa shape index (κ3) is 4.04. The molecule has 0 amide bonds. The van der Waals surface area contributed by atoms with Crippen LogP contribution >= 0.6 is 11.6 Å². The normalized spacial score (nSPS) is 17.6. The molecule has 2 atom stereocenters. The van der Waals surface area contributed by atoms with Crippen molar-refractivity contribution in [3.63, 3.8) is 0 Å². The molecule has 1 fully saturated rings. The lowest BCUT2D eigenvalue weighted by atomic mass is 10.0. The largest absolute Gasteiger partial charge is 0.506 e. The Morgan fingerprint density at radius 2 is 1.97 bits per heavy atom. The molecule has 0 saturated heterocycles. The van der Waals surface area contributed by atoms with Crippen LogP contribution in [-0.4, -0.2) is 26.2 Å². The van der Waals surface area contributed by atoms with E-state index in [2.05, 4.69) is 15.3 Å². The van der Waals surface area contributed by atoms with Gasteiger partial charge in [0.05, 0.1) is 29.0 Å². The molecule has 1 aromatic heterocycles. The van der Waals surface area contributed by atoms with Gasteiger partial charge in [-0.3, -0.25) is 9.78 Å². The number of anilines is 1. The highest BCUT2D eigenvalue weighted by molar-refractivity contribution is 6.32. The molecule has 3 N–H and O–H groups in total. The van der Waals surface area contributed by atoms with Gasteiger partial charge in [0, 0.05) is 29.7 Å². The molecule has 0 aliphatic heterocycles. The SMILES string of the molecule is O=C(O)[C@@H]1C[C@H]1c1cnc(NCc2cc(-c3ccc(O)c(Cl)c3)c(F)cc2F)cn1. The van der Waals surface area contributed by atoms with Crippen LogP contribution in [0.25, 0.3) is 11.1 Å². The summed E-state index contributed by atoms with van der Waals surface area (Å²) in [5.41, 5.74) is 1.35. The maximum absolute atomic E-state index is 14.3. The Hall–Kier alpha value is -3.26. The zero-order valence-electron chi connectivity index (χ0n) is 15.4. The van der Waals surface area contributed by atoms with Crippen LogP contribution in [-0.2, 0) is 11.3 Å². The van der Waals surface area contributed by atoms with E-state index in [1.165, 1.54) is 36.7 Å². The van der Waals surface area contributed by atoms with Crippen LogP contribution in [0, 0.1) is 17.6 Å². The Bertz CT molecular complexity index is 1130. The molecule has 0 bridgehead atoms. The van der Waals surface area contributed by atoms with Crippen molar-refractivity contribution in [1.29, 1.82) is 0 Å². The fraction of sp³-hybridized carbons (Fsp3) is 0.190. The molecule has 9 heteroatoms. The quantitative estimate of drug-likeness (QED) is 0.528. The number of aromatic nitrogens is 2. The van der Waals surface area contributed by atoms with Crippen molar-refractivity contribution in [2.75, 3.05) is 5.32 Å². The molecule has 3 aromatic rings. The summed E-state index contributed by atoms with van der Waals surface area (Å²) in [4.78, 5) is 19.4. The summed E-state index contributed by atoms with van der Waals surface area (Å²) < 4.78 is 28.5. The monoisotopic (exact) mass is 431 g/mol. The molecular weight excluding hydrogens is 416 g/mol. The summed E-state index contributed by atoms with van der Waals surface area (Å²) in [6, 6.07) is 6.38. The molecule has 4 rings (SSSR count). The van der Waals surface area contributed by atoms with Crippen LogP contribution in [0.1, 0.15) is 23.6 Å². The number of phenols is 1. The van der Waals surface area contributed by atoms with Crippen molar-refractivity contribution in [3.05, 3.63) is 70.6 Å². The van der Waals surface area contributed by atoms with Gasteiger partial charge in [0.15, 0.2) is 0 Å². The number of nitrogens with zero attached hydrogens (tertiary/aromatic N) is 2. The molecule has 6 nitrogen and oxygen atoms in total. The van der Waals surface area contributed by atoms with Gasteiger partial charge in [-0.05, 0) is 30.2 Å². The molecule has 1 saturated carbocycles. The van der Waals surface area contributed by atoms with Crippen molar-refractivity contribution < 1.29 is 23.8 Å². The smallest absolute Gasteiger partial charge is 0.307 e. The lowest BCUT2D eigenvalue weighted by molar-refractivity contribution is -0.138. The van der Waals surface area contributed by atoms with Gasteiger partial charge in [-0.1, -0.05) is 17.7 Å². The second-order valence-corrected chi connectivity index (χ2v) is 7.46. The Morgan fingerprint density at radius 1 is 1.17 bits per heavy atom. The Morgan fingerprint density at radius 3 is 2.60 bits per heavy atom. The van der Waals surface area contributed by atoms with E-state index in [9.17, 15) is 18.7 Å². The number of hydrogen-bond acceptors (Lipinski definition) is 5. The third-order valence-corrected chi connectivity index (χ3v) is 5.32. The van der Waals surface area contributed by atoms with Gasteiger partial charge in [-0.25, -0.2) is 13.8 Å². The van der Waals surface area contributed by atoms with Crippen LogP contribution in [0.3, 0.4) is 0 Å². The highest BCUT2D eigenvalue weighted by Crippen LogP contribution is 2.46. The van der Waals surface area contributed by atoms with E-state index in [4.69, 9.17) is 16.7 Å². The zero-order valence-corrected chi connectivity index (χ0v) is 16.2. The molecule has 0 unspecified atom stereocenters. The first-order valence-electron chi connectivity index (χ1n) is 9.09. The lowest BCUT2D eigenvalue weighted by Crippen LogP contribution is -2.06. The highest BCUT2D eigenvalue weighted by atomic mass is 35.5. The lowest BCUT2D eigenvalue weighted by Gasteiger charge is -2.11. The molecule has 1 aliphatic carbocycles. The summed E-state index contributed by atoms with van der Waals surface area (Å²) in [7, 11) is 0. The number of carboxylic acids is 1. The van der Waals surface area contributed by atoms with Gasteiger partial charge >= 0.3 is 5.97 Å². The van der Waals surface area contributed by atoms with Crippen LogP contribution in [0.15, 0.2) is 42.7 Å². The number of aliphatic carboxylic acids is 1. The minimum atomic E-state index is -0.846. The fourth-order valence-corrected chi connectivity index (χ4v) is 3.41. The van der Waals surface area contributed by atoms with Crippen molar-refractivity contribution in [2.24, 2.45) is 5.92 Å². The van der Waals surface area contributed by atoms with E-state index in [1.807, 2.05) is 0 Å². The predicted octanol–water partition coefficient (Wildman–Crippen LogP) is 4.58. The summed E-state index contributed by atoms with van der Waals surface area (Å²) >= 11 is 5.89. The maximum Gasteiger partial charge on any atom is 0.307 e. The number of halogens is 3. The highest BCUT2D eigenvalue weighted by Gasteiger charge is 2.45.